The summed E-state index contributed by atoms with van der Waals surface area (Å²) in [7, 11) is -4.04. The molecule has 0 spiro atoms. The number of anilines is 1. The van der Waals surface area contributed by atoms with Gasteiger partial charge in [-0.15, -0.1) is 0 Å². The molecule has 0 saturated carbocycles. The maximum Gasteiger partial charge on any atom is 0.271 e. The Balaban J connectivity index is 1.91. The number of benzene rings is 3. The third-order valence-electron chi connectivity index (χ3n) is 4.92. The van der Waals surface area contributed by atoms with Crippen LogP contribution in [0.2, 0.25) is 5.02 Å². The van der Waals surface area contributed by atoms with Gasteiger partial charge in [-0.25, -0.2) is 8.42 Å². The van der Waals surface area contributed by atoms with Gasteiger partial charge in [0.15, 0.2) is 0 Å². The summed E-state index contributed by atoms with van der Waals surface area (Å²) >= 11 is 5.89. The van der Waals surface area contributed by atoms with Crippen LogP contribution in [0.15, 0.2) is 71.6 Å². The SMILES string of the molecule is Cc1cccc(CN(CC(=O)Nc2cc([N+](=O)[O-])ccc2C)S(=O)(=O)c2ccc(Cl)cc2)c1. The number of non-ortho nitro benzene ring substituents is 1. The highest BCUT2D eigenvalue weighted by atomic mass is 35.5. The lowest BCUT2D eigenvalue weighted by Gasteiger charge is -2.22. The average molecular weight is 488 g/mol. The molecule has 10 heteroatoms. The number of hydrogen-bond donors (Lipinski definition) is 1. The summed E-state index contributed by atoms with van der Waals surface area (Å²) in [6.07, 6.45) is 0. The first-order valence-corrected chi connectivity index (χ1v) is 11.7. The molecular weight excluding hydrogens is 466 g/mol. The fourth-order valence-corrected chi connectivity index (χ4v) is 4.71. The lowest BCUT2D eigenvalue weighted by atomic mass is 10.1. The second-order valence-corrected chi connectivity index (χ2v) is 9.89. The van der Waals surface area contributed by atoms with Gasteiger partial charge in [-0.05, 0) is 49.2 Å². The molecule has 0 bridgehead atoms. The number of nitro groups is 1. The highest BCUT2D eigenvalue weighted by Crippen LogP contribution is 2.24. The highest BCUT2D eigenvalue weighted by molar-refractivity contribution is 7.89. The van der Waals surface area contributed by atoms with Gasteiger partial charge in [0.2, 0.25) is 15.9 Å². The maximum absolute atomic E-state index is 13.3. The van der Waals surface area contributed by atoms with Crippen molar-refractivity contribution >= 4 is 38.9 Å². The van der Waals surface area contributed by atoms with Crippen molar-refractivity contribution in [3.05, 3.63) is 98.6 Å². The predicted molar refractivity (Wildman–Crippen MR) is 127 cm³/mol. The van der Waals surface area contributed by atoms with Crippen LogP contribution in [0.4, 0.5) is 11.4 Å². The van der Waals surface area contributed by atoms with E-state index in [1.165, 1.54) is 42.5 Å². The smallest absolute Gasteiger partial charge is 0.271 e. The van der Waals surface area contributed by atoms with E-state index >= 15 is 0 Å². The minimum atomic E-state index is -4.04. The monoisotopic (exact) mass is 487 g/mol. The largest absolute Gasteiger partial charge is 0.324 e. The van der Waals surface area contributed by atoms with Gasteiger partial charge in [-0.3, -0.25) is 14.9 Å². The Morgan fingerprint density at radius 3 is 2.39 bits per heavy atom. The molecule has 1 amide bonds. The van der Waals surface area contributed by atoms with Crippen molar-refractivity contribution < 1.29 is 18.1 Å². The van der Waals surface area contributed by atoms with E-state index in [-0.39, 0.29) is 22.8 Å². The van der Waals surface area contributed by atoms with Crippen molar-refractivity contribution in [2.45, 2.75) is 25.3 Å². The van der Waals surface area contributed by atoms with Gasteiger partial charge in [0.1, 0.15) is 0 Å². The number of nitrogens with one attached hydrogen (secondary N) is 1. The van der Waals surface area contributed by atoms with Gasteiger partial charge >= 0.3 is 0 Å². The zero-order valence-corrected chi connectivity index (χ0v) is 19.6. The number of nitro benzene ring substituents is 1. The lowest BCUT2D eigenvalue weighted by Crippen LogP contribution is -2.37. The molecule has 33 heavy (non-hydrogen) atoms. The molecule has 172 valence electrons. The molecular formula is C23H22ClN3O5S. The molecule has 0 fully saturated rings. The van der Waals surface area contributed by atoms with E-state index in [1.54, 1.807) is 13.0 Å². The van der Waals surface area contributed by atoms with Crippen LogP contribution in [0, 0.1) is 24.0 Å². The number of carbonyl (C=O) groups excluding carboxylic acids is 1. The van der Waals surface area contributed by atoms with E-state index < -0.39 is 27.4 Å². The molecule has 8 nitrogen and oxygen atoms in total. The summed E-state index contributed by atoms with van der Waals surface area (Å²) in [6, 6.07) is 17.1. The summed E-state index contributed by atoms with van der Waals surface area (Å²) in [5, 5.41) is 14.0. The van der Waals surface area contributed by atoms with E-state index in [1.807, 2.05) is 25.1 Å². The van der Waals surface area contributed by atoms with Crippen LogP contribution >= 0.6 is 11.6 Å². The van der Waals surface area contributed by atoms with Crippen molar-refractivity contribution in [2.75, 3.05) is 11.9 Å². The minimum absolute atomic E-state index is 0.00103. The summed E-state index contributed by atoms with van der Waals surface area (Å²) in [4.78, 5) is 23.3. The summed E-state index contributed by atoms with van der Waals surface area (Å²) in [5.74, 6) is -0.621. The molecule has 0 atom stereocenters. The van der Waals surface area contributed by atoms with Gasteiger partial charge in [-0.2, -0.15) is 4.31 Å². The van der Waals surface area contributed by atoms with Crippen LogP contribution in [-0.2, 0) is 21.4 Å². The van der Waals surface area contributed by atoms with Crippen LogP contribution in [0.25, 0.3) is 0 Å². The van der Waals surface area contributed by atoms with Crippen LogP contribution in [-0.4, -0.2) is 30.1 Å². The second kappa shape index (κ2) is 10.1. The van der Waals surface area contributed by atoms with Gasteiger partial charge in [0.05, 0.1) is 22.1 Å². The van der Waals surface area contributed by atoms with Crippen LogP contribution < -0.4 is 5.32 Å². The second-order valence-electron chi connectivity index (χ2n) is 7.52. The molecule has 0 unspecified atom stereocenters. The van der Waals surface area contributed by atoms with Gasteiger partial charge in [-0.1, -0.05) is 47.5 Å². The third-order valence-corrected chi connectivity index (χ3v) is 6.98. The van der Waals surface area contributed by atoms with E-state index in [2.05, 4.69) is 5.32 Å². The van der Waals surface area contributed by atoms with Crippen molar-refractivity contribution in [2.24, 2.45) is 0 Å². The Morgan fingerprint density at radius 2 is 1.76 bits per heavy atom. The number of aryl methyl sites for hydroxylation is 2. The molecule has 3 rings (SSSR count). The number of hydrogen-bond acceptors (Lipinski definition) is 5. The number of sulfonamides is 1. The topological polar surface area (TPSA) is 110 Å². The number of nitrogens with zero attached hydrogens (tertiary/aromatic N) is 2. The standard InChI is InChI=1S/C23H22ClN3O5S/c1-16-4-3-5-18(12-16)14-26(33(31,32)21-10-7-19(24)8-11-21)15-23(28)25-22-13-20(27(29)30)9-6-17(22)2/h3-13H,14-15H2,1-2H3,(H,25,28). The van der Waals surface area contributed by atoms with Crippen molar-refractivity contribution in [3.63, 3.8) is 0 Å². The zero-order chi connectivity index (χ0) is 24.2. The predicted octanol–water partition coefficient (Wildman–Crippen LogP) is 4.69. The number of halogens is 1. The Morgan fingerprint density at radius 1 is 1.06 bits per heavy atom. The van der Waals surface area contributed by atoms with Crippen molar-refractivity contribution in [1.82, 2.24) is 4.31 Å². The van der Waals surface area contributed by atoms with E-state index in [0.717, 1.165) is 9.87 Å². The quantitative estimate of drug-likeness (QED) is 0.366. The zero-order valence-electron chi connectivity index (χ0n) is 18.0. The van der Waals surface area contributed by atoms with Crippen LogP contribution in [0.3, 0.4) is 0 Å². The molecule has 0 aliphatic rings. The number of rotatable bonds is 8. The summed E-state index contributed by atoms with van der Waals surface area (Å²) in [5.41, 5.74) is 2.34. The van der Waals surface area contributed by atoms with Gasteiger partial charge in [0.25, 0.3) is 5.69 Å². The normalized spacial score (nSPS) is 11.4. The van der Waals surface area contributed by atoms with Gasteiger partial charge < -0.3 is 5.32 Å². The molecule has 0 radical (unpaired) electrons. The van der Waals surface area contributed by atoms with Crippen LogP contribution in [0.5, 0.6) is 0 Å². The first kappa shape index (κ1) is 24.4. The Hall–Kier alpha value is -3.27. The summed E-state index contributed by atoms with van der Waals surface area (Å²) < 4.78 is 27.8. The number of carbonyl (C=O) groups is 1. The molecule has 0 aliphatic carbocycles. The Bertz CT molecular complexity index is 1290. The fourth-order valence-electron chi connectivity index (χ4n) is 3.20. The molecule has 3 aromatic rings. The van der Waals surface area contributed by atoms with Crippen molar-refractivity contribution in [1.29, 1.82) is 0 Å². The third kappa shape index (κ3) is 6.16. The van der Waals surface area contributed by atoms with E-state index in [4.69, 9.17) is 11.6 Å². The number of amides is 1. The Kier molecular flexibility index (Phi) is 7.47. The summed E-state index contributed by atoms with van der Waals surface area (Å²) in [6.45, 7) is 3.06. The van der Waals surface area contributed by atoms with E-state index in [0.29, 0.717) is 16.1 Å². The van der Waals surface area contributed by atoms with Crippen LogP contribution in [0.1, 0.15) is 16.7 Å². The fraction of sp³-hybridized carbons (Fsp3) is 0.174. The maximum atomic E-state index is 13.3. The molecule has 1 N–H and O–H groups in total. The minimum Gasteiger partial charge on any atom is -0.324 e. The average Bonchev–Trinajstić information content (AvgIpc) is 2.75. The molecule has 0 saturated heterocycles. The molecule has 0 aliphatic heterocycles. The molecule has 0 heterocycles. The first-order chi connectivity index (χ1) is 15.6. The van der Waals surface area contributed by atoms with E-state index in [9.17, 15) is 23.3 Å². The van der Waals surface area contributed by atoms with Crippen molar-refractivity contribution in [3.8, 4) is 0 Å². The lowest BCUT2D eigenvalue weighted by molar-refractivity contribution is -0.384. The molecule has 3 aromatic carbocycles. The molecule has 0 aromatic heterocycles. The first-order valence-electron chi connectivity index (χ1n) is 9.92. The Labute approximate surface area is 197 Å². The van der Waals surface area contributed by atoms with Gasteiger partial charge in [0, 0.05) is 23.7 Å². The highest BCUT2D eigenvalue weighted by Gasteiger charge is 2.27.